The van der Waals surface area contributed by atoms with E-state index in [0.29, 0.717) is 0 Å². The molecule has 28 heavy (non-hydrogen) atoms. The number of piperidine rings is 1. The molecule has 3 aromatic rings. The van der Waals surface area contributed by atoms with Gasteiger partial charge in [-0.1, -0.05) is 42.0 Å². The molecule has 0 unspecified atom stereocenters. The maximum absolute atomic E-state index is 12.5. The van der Waals surface area contributed by atoms with Crippen LogP contribution in [0.4, 0.5) is 11.5 Å². The number of hydrogen-bond acceptors (Lipinski definition) is 4. The van der Waals surface area contributed by atoms with Crippen LogP contribution >= 0.6 is 0 Å². The van der Waals surface area contributed by atoms with Crippen LogP contribution in [0.1, 0.15) is 18.4 Å². The summed E-state index contributed by atoms with van der Waals surface area (Å²) in [5.41, 5.74) is 4.09. The molecule has 5 nitrogen and oxygen atoms in total. The molecule has 1 fully saturated rings. The molecular weight excluding hydrogens is 348 g/mol. The molecule has 0 spiro atoms. The topological polar surface area (TPSA) is 58.1 Å². The zero-order valence-electron chi connectivity index (χ0n) is 16.0. The van der Waals surface area contributed by atoms with Crippen LogP contribution in [-0.4, -0.2) is 29.0 Å². The lowest BCUT2D eigenvalue weighted by molar-refractivity contribution is -0.120. The molecular formula is C23H24N4O. The molecule has 1 aliphatic rings. The van der Waals surface area contributed by atoms with Gasteiger partial charge in [0.1, 0.15) is 12.1 Å². The first kappa shape index (κ1) is 18.2. The van der Waals surface area contributed by atoms with Gasteiger partial charge in [0, 0.05) is 36.3 Å². The molecule has 0 aliphatic carbocycles. The van der Waals surface area contributed by atoms with Crippen LogP contribution in [0.15, 0.2) is 67.0 Å². The van der Waals surface area contributed by atoms with Gasteiger partial charge >= 0.3 is 0 Å². The summed E-state index contributed by atoms with van der Waals surface area (Å²) in [6, 6.07) is 20.0. The Bertz CT molecular complexity index is 950. The molecule has 0 saturated carbocycles. The van der Waals surface area contributed by atoms with Gasteiger partial charge in [-0.3, -0.25) is 4.79 Å². The average Bonchev–Trinajstić information content (AvgIpc) is 2.75. The van der Waals surface area contributed by atoms with Crippen LogP contribution < -0.4 is 10.2 Å². The van der Waals surface area contributed by atoms with Crippen molar-refractivity contribution in [2.45, 2.75) is 19.8 Å². The van der Waals surface area contributed by atoms with Crippen molar-refractivity contribution in [1.82, 2.24) is 9.97 Å². The highest BCUT2D eigenvalue weighted by Crippen LogP contribution is 2.26. The van der Waals surface area contributed by atoms with Crippen LogP contribution in [0.3, 0.4) is 0 Å². The molecule has 0 bridgehead atoms. The van der Waals surface area contributed by atoms with Gasteiger partial charge in [-0.25, -0.2) is 9.97 Å². The fraction of sp³-hybridized carbons (Fsp3) is 0.261. The summed E-state index contributed by atoms with van der Waals surface area (Å²) in [6.07, 6.45) is 3.27. The standard InChI is InChI=1S/C23H24N4O/c1-17-6-5-7-19(14-17)21-15-22(25-16-24-21)27-12-10-18(11-13-27)23(28)26-20-8-3-2-4-9-20/h2-9,14-16,18H,10-13H2,1H3,(H,26,28). The van der Waals surface area contributed by atoms with Crippen molar-refractivity contribution in [3.8, 4) is 11.3 Å². The van der Waals surface area contributed by atoms with Crippen molar-refractivity contribution < 1.29 is 4.79 Å². The summed E-state index contributed by atoms with van der Waals surface area (Å²) in [4.78, 5) is 23.7. The lowest BCUT2D eigenvalue weighted by Gasteiger charge is -2.32. The Morgan fingerprint density at radius 2 is 1.79 bits per heavy atom. The number of aryl methyl sites for hydroxylation is 1. The molecule has 1 aromatic heterocycles. The first-order valence-corrected chi connectivity index (χ1v) is 9.69. The third kappa shape index (κ3) is 4.19. The Morgan fingerprint density at radius 1 is 1.00 bits per heavy atom. The molecule has 2 aromatic carbocycles. The molecule has 5 heteroatoms. The van der Waals surface area contributed by atoms with Gasteiger partial charge < -0.3 is 10.2 Å². The Balaban J connectivity index is 1.40. The highest BCUT2D eigenvalue weighted by Gasteiger charge is 2.26. The van der Waals surface area contributed by atoms with E-state index in [9.17, 15) is 4.79 Å². The minimum absolute atomic E-state index is 0.0366. The summed E-state index contributed by atoms with van der Waals surface area (Å²) in [7, 11) is 0. The molecule has 0 atom stereocenters. The van der Waals surface area contributed by atoms with Gasteiger partial charge in [-0.05, 0) is 38.0 Å². The fourth-order valence-corrected chi connectivity index (χ4v) is 3.62. The number of para-hydroxylation sites is 1. The monoisotopic (exact) mass is 372 g/mol. The van der Waals surface area contributed by atoms with E-state index in [0.717, 1.165) is 48.7 Å². The number of rotatable bonds is 4. The Kier molecular flexibility index (Phi) is 5.33. The lowest BCUT2D eigenvalue weighted by Crippen LogP contribution is -2.38. The van der Waals surface area contributed by atoms with Crippen LogP contribution in [0.5, 0.6) is 0 Å². The lowest BCUT2D eigenvalue weighted by atomic mass is 9.95. The van der Waals surface area contributed by atoms with E-state index >= 15 is 0 Å². The molecule has 1 saturated heterocycles. The van der Waals surface area contributed by atoms with Crippen molar-refractivity contribution >= 4 is 17.4 Å². The second-order valence-electron chi connectivity index (χ2n) is 7.25. The summed E-state index contributed by atoms with van der Waals surface area (Å²) in [5, 5.41) is 3.02. The molecule has 142 valence electrons. The Hall–Kier alpha value is -3.21. The van der Waals surface area contributed by atoms with Gasteiger partial charge in [0.15, 0.2) is 0 Å². The van der Waals surface area contributed by atoms with Crippen molar-refractivity contribution in [3.63, 3.8) is 0 Å². The van der Waals surface area contributed by atoms with Crippen molar-refractivity contribution in [2.24, 2.45) is 5.92 Å². The number of amides is 1. The quantitative estimate of drug-likeness (QED) is 0.741. The maximum atomic E-state index is 12.5. The molecule has 1 aliphatic heterocycles. The molecule has 2 heterocycles. The number of carbonyl (C=O) groups is 1. The minimum atomic E-state index is 0.0366. The highest BCUT2D eigenvalue weighted by atomic mass is 16.1. The minimum Gasteiger partial charge on any atom is -0.356 e. The van der Waals surface area contributed by atoms with Gasteiger partial charge in [0.05, 0.1) is 5.69 Å². The average molecular weight is 372 g/mol. The number of aromatic nitrogens is 2. The van der Waals surface area contributed by atoms with Crippen LogP contribution in [0.2, 0.25) is 0 Å². The summed E-state index contributed by atoms with van der Waals surface area (Å²) in [6.45, 7) is 3.71. The molecule has 1 amide bonds. The summed E-state index contributed by atoms with van der Waals surface area (Å²) in [5.74, 6) is 1.07. The highest BCUT2D eigenvalue weighted by molar-refractivity contribution is 5.92. The SMILES string of the molecule is Cc1cccc(-c2cc(N3CCC(C(=O)Nc4ccccc4)CC3)ncn2)c1. The van der Waals surface area contributed by atoms with Crippen molar-refractivity contribution in [3.05, 3.63) is 72.6 Å². The van der Waals surface area contributed by atoms with E-state index in [1.807, 2.05) is 42.5 Å². The molecule has 1 N–H and O–H groups in total. The van der Waals surface area contributed by atoms with Gasteiger partial charge in [-0.2, -0.15) is 0 Å². The van der Waals surface area contributed by atoms with E-state index in [1.165, 1.54) is 5.56 Å². The predicted octanol–water partition coefficient (Wildman–Crippen LogP) is 4.31. The summed E-state index contributed by atoms with van der Waals surface area (Å²) < 4.78 is 0. The van der Waals surface area contributed by atoms with E-state index in [4.69, 9.17) is 0 Å². The van der Waals surface area contributed by atoms with Gasteiger partial charge in [0.25, 0.3) is 0 Å². The Morgan fingerprint density at radius 3 is 2.54 bits per heavy atom. The largest absolute Gasteiger partial charge is 0.356 e. The van der Waals surface area contributed by atoms with E-state index < -0.39 is 0 Å². The van der Waals surface area contributed by atoms with E-state index in [2.05, 4.69) is 45.3 Å². The summed E-state index contributed by atoms with van der Waals surface area (Å²) >= 11 is 0. The van der Waals surface area contributed by atoms with Crippen LogP contribution in [0, 0.1) is 12.8 Å². The predicted molar refractivity (Wildman–Crippen MR) is 112 cm³/mol. The first-order valence-electron chi connectivity index (χ1n) is 9.69. The fourth-order valence-electron chi connectivity index (χ4n) is 3.62. The van der Waals surface area contributed by atoms with Crippen molar-refractivity contribution in [1.29, 1.82) is 0 Å². The van der Waals surface area contributed by atoms with Gasteiger partial charge in [-0.15, -0.1) is 0 Å². The second kappa shape index (κ2) is 8.21. The first-order chi connectivity index (χ1) is 13.7. The normalized spacial score (nSPS) is 14.7. The number of hydrogen-bond donors (Lipinski definition) is 1. The number of carbonyl (C=O) groups excluding carboxylic acids is 1. The molecule has 4 rings (SSSR count). The van der Waals surface area contributed by atoms with Crippen molar-refractivity contribution in [2.75, 3.05) is 23.3 Å². The zero-order chi connectivity index (χ0) is 19.3. The second-order valence-corrected chi connectivity index (χ2v) is 7.25. The third-order valence-electron chi connectivity index (χ3n) is 5.20. The van der Waals surface area contributed by atoms with E-state index in [-0.39, 0.29) is 11.8 Å². The third-order valence-corrected chi connectivity index (χ3v) is 5.20. The molecule has 0 radical (unpaired) electrons. The Labute approximate surface area is 165 Å². The number of nitrogens with one attached hydrogen (secondary N) is 1. The number of nitrogens with zero attached hydrogens (tertiary/aromatic N) is 3. The maximum Gasteiger partial charge on any atom is 0.227 e. The smallest absolute Gasteiger partial charge is 0.227 e. The van der Waals surface area contributed by atoms with Gasteiger partial charge in [0.2, 0.25) is 5.91 Å². The number of benzene rings is 2. The number of anilines is 2. The van der Waals surface area contributed by atoms with Crippen LogP contribution in [-0.2, 0) is 4.79 Å². The zero-order valence-corrected chi connectivity index (χ0v) is 16.0. The van der Waals surface area contributed by atoms with Crippen LogP contribution in [0.25, 0.3) is 11.3 Å². The van der Waals surface area contributed by atoms with E-state index in [1.54, 1.807) is 6.33 Å².